The van der Waals surface area contributed by atoms with Crippen molar-refractivity contribution in [3.63, 3.8) is 0 Å². The number of thiazole rings is 1. The first-order valence-electron chi connectivity index (χ1n) is 6.29. The Bertz CT molecular complexity index is 720. The molecule has 1 fully saturated rings. The van der Waals surface area contributed by atoms with Crippen LogP contribution < -0.4 is 0 Å². The lowest BCUT2D eigenvalue weighted by Gasteiger charge is -2.35. The summed E-state index contributed by atoms with van der Waals surface area (Å²) in [7, 11) is -3.76. The maximum absolute atomic E-state index is 12.8. The van der Waals surface area contributed by atoms with Gasteiger partial charge < -0.3 is 5.11 Å². The van der Waals surface area contributed by atoms with Gasteiger partial charge in [-0.05, 0) is 12.8 Å². The Morgan fingerprint density at radius 3 is 2.90 bits per heavy atom. The van der Waals surface area contributed by atoms with Crippen LogP contribution in [0.3, 0.4) is 0 Å². The van der Waals surface area contributed by atoms with E-state index in [0.717, 1.165) is 19.3 Å². The molecule has 1 saturated carbocycles. The van der Waals surface area contributed by atoms with Crippen LogP contribution in [0.5, 0.6) is 0 Å². The van der Waals surface area contributed by atoms with Gasteiger partial charge in [-0.25, -0.2) is 13.4 Å². The Morgan fingerprint density at radius 1 is 1.55 bits per heavy atom. The van der Waals surface area contributed by atoms with E-state index in [0.29, 0.717) is 4.96 Å². The van der Waals surface area contributed by atoms with Gasteiger partial charge in [0.2, 0.25) is 0 Å². The maximum atomic E-state index is 12.8. The lowest BCUT2D eigenvalue weighted by Crippen LogP contribution is -2.45. The molecule has 0 spiro atoms. The third-order valence-electron chi connectivity index (χ3n) is 3.53. The van der Waals surface area contributed by atoms with Gasteiger partial charge in [0.15, 0.2) is 15.1 Å². The molecule has 0 radical (unpaired) electrons. The number of sulfonamides is 1. The fraction of sp³-hybridized carbons (Fsp3) is 0.545. The van der Waals surface area contributed by atoms with Gasteiger partial charge in [-0.15, -0.1) is 11.3 Å². The highest BCUT2D eigenvalue weighted by atomic mass is 35.5. The molecule has 1 aliphatic rings. The SMILES string of the molecule is O=S(=O)(c1c(Cl)nc2sccn12)N(CCO)C1CCC1. The van der Waals surface area contributed by atoms with Crippen LogP contribution in [0, 0.1) is 0 Å². The summed E-state index contributed by atoms with van der Waals surface area (Å²) in [5.41, 5.74) is 0. The number of aromatic nitrogens is 2. The zero-order chi connectivity index (χ0) is 14.3. The summed E-state index contributed by atoms with van der Waals surface area (Å²) in [4.78, 5) is 4.61. The molecule has 2 heterocycles. The molecular formula is C11H14ClN3O3S2. The van der Waals surface area contributed by atoms with E-state index < -0.39 is 10.0 Å². The summed E-state index contributed by atoms with van der Waals surface area (Å²) in [6.07, 6.45) is 4.30. The normalized spacial score (nSPS) is 16.9. The number of aliphatic hydroxyl groups is 1. The molecule has 0 unspecified atom stereocenters. The summed E-state index contributed by atoms with van der Waals surface area (Å²) < 4.78 is 28.5. The maximum Gasteiger partial charge on any atom is 0.262 e. The van der Waals surface area contributed by atoms with Crippen LogP contribution in [-0.2, 0) is 10.0 Å². The van der Waals surface area contributed by atoms with Crippen LogP contribution in [0.25, 0.3) is 4.96 Å². The lowest BCUT2D eigenvalue weighted by atomic mass is 9.93. The molecular weight excluding hydrogens is 322 g/mol. The van der Waals surface area contributed by atoms with Crippen molar-refractivity contribution in [1.29, 1.82) is 0 Å². The minimum atomic E-state index is -3.76. The monoisotopic (exact) mass is 335 g/mol. The van der Waals surface area contributed by atoms with E-state index in [1.165, 1.54) is 20.0 Å². The first kappa shape index (κ1) is 14.3. The zero-order valence-corrected chi connectivity index (χ0v) is 13.0. The average Bonchev–Trinajstić information content (AvgIpc) is 2.85. The molecule has 2 aromatic rings. The first-order chi connectivity index (χ1) is 9.55. The van der Waals surface area contributed by atoms with Gasteiger partial charge in [-0.1, -0.05) is 18.0 Å². The molecule has 9 heteroatoms. The standard InChI is InChI=1S/C11H14ClN3O3S2/c12-9-10(14-5-7-19-11(14)13-9)20(17,18)15(4-6-16)8-2-1-3-8/h5,7-8,16H,1-4,6H2. The Balaban J connectivity index is 2.09. The molecule has 1 N–H and O–H groups in total. The van der Waals surface area contributed by atoms with Crippen LogP contribution in [0.2, 0.25) is 5.15 Å². The molecule has 6 nitrogen and oxygen atoms in total. The van der Waals surface area contributed by atoms with Crippen molar-refractivity contribution in [2.24, 2.45) is 0 Å². The van der Waals surface area contributed by atoms with Crippen molar-refractivity contribution in [1.82, 2.24) is 13.7 Å². The van der Waals surface area contributed by atoms with Gasteiger partial charge in [0, 0.05) is 24.2 Å². The van der Waals surface area contributed by atoms with Crippen molar-refractivity contribution in [2.75, 3.05) is 13.2 Å². The van der Waals surface area contributed by atoms with Crippen molar-refractivity contribution in [3.05, 3.63) is 16.7 Å². The van der Waals surface area contributed by atoms with Crippen molar-refractivity contribution >= 4 is 37.9 Å². The zero-order valence-electron chi connectivity index (χ0n) is 10.6. The molecule has 3 rings (SSSR count). The lowest BCUT2D eigenvalue weighted by molar-refractivity contribution is 0.178. The molecule has 0 amide bonds. The molecule has 0 aliphatic heterocycles. The largest absolute Gasteiger partial charge is 0.395 e. The number of hydrogen-bond acceptors (Lipinski definition) is 5. The Hall–Kier alpha value is -0.670. The quantitative estimate of drug-likeness (QED) is 0.900. The summed E-state index contributed by atoms with van der Waals surface area (Å²) in [6, 6.07) is -0.0487. The van der Waals surface area contributed by atoms with Crippen molar-refractivity contribution < 1.29 is 13.5 Å². The number of nitrogens with zero attached hydrogens (tertiary/aromatic N) is 3. The van der Waals surface area contributed by atoms with E-state index in [9.17, 15) is 8.42 Å². The van der Waals surface area contributed by atoms with E-state index >= 15 is 0 Å². The summed E-state index contributed by atoms with van der Waals surface area (Å²) >= 11 is 7.34. The molecule has 20 heavy (non-hydrogen) atoms. The van der Waals surface area contributed by atoms with Gasteiger partial charge >= 0.3 is 0 Å². The highest BCUT2D eigenvalue weighted by Crippen LogP contribution is 2.33. The molecule has 0 aromatic carbocycles. The minimum Gasteiger partial charge on any atom is -0.395 e. The summed E-state index contributed by atoms with van der Waals surface area (Å²) in [6.45, 7) is -0.125. The van der Waals surface area contributed by atoms with Gasteiger partial charge in [-0.3, -0.25) is 4.40 Å². The fourth-order valence-electron chi connectivity index (χ4n) is 2.35. The number of halogens is 1. The smallest absolute Gasteiger partial charge is 0.262 e. The number of hydrogen-bond donors (Lipinski definition) is 1. The van der Waals surface area contributed by atoms with Gasteiger partial charge in [0.1, 0.15) is 0 Å². The number of aliphatic hydroxyl groups excluding tert-OH is 1. The van der Waals surface area contributed by atoms with E-state index in [4.69, 9.17) is 16.7 Å². The second-order valence-corrected chi connectivity index (χ2v) is 7.72. The number of fused-ring (bicyclic) bond motifs is 1. The van der Waals surface area contributed by atoms with Crippen LogP contribution in [0.4, 0.5) is 0 Å². The highest BCUT2D eigenvalue weighted by Gasteiger charge is 2.38. The van der Waals surface area contributed by atoms with E-state index in [1.807, 2.05) is 0 Å². The van der Waals surface area contributed by atoms with Gasteiger partial charge in [0.05, 0.1) is 6.61 Å². The van der Waals surface area contributed by atoms with E-state index in [2.05, 4.69) is 4.98 Å². The first-order valence-corrected chi connectivity index (χ1v) is 8.99. The topological polar surface area (TPSA) is 74.9 Å². The second kappa shape index (κ2) is 5.27. The summed E-state index contributed by atoms with van der Waals surface area (Å²) in [5, 5.41) is 10.9. The molecule has 0 bridgehead atoms. The highest BCUT2D eigenvalue weighted by molar-refractivity contribution is 7.89. The van der Waals surface area contributed by atoms with Crippen LogP contribution in [0.15, 0.2) is 16.6 Å². The minimum absolute atomic E-state index is 0.00392. The third-order valence-corrected chi connectivity index (χ3v) is 6.64. The second-order valence-electron chi connectivity index (χ2n) is 4.69. The molecule has 2 aromatic heterocycles. The fourth-order valence-corrected chi connectivity index (χ4v) is 5.44. The Kier molecular flexibility index (Phi) is 3.76. The van der Waals surface area contributed by atoms with Gasteiger partial charge in [-0.2, -0.15) is 4.31 Å². The van der Waals surface area contributed by atoms with Crippen LogP contribution in [-0.4, -0.2) is 46.4 Å². The average molecular weight is 336 g/mol. The van der Waals surface area contributed by atoms with Crippen LogP contribution in [0.1, 0.15) is 19.3 Å². The molecule has 110 valence electrons. The predicted octanol–water partition coefficient (Wildman–Crippen LogP) is 1.58. The third kappa shape index (κ3) is 2.15. The summed E-state index contributed by atoms with van der Waals surface area (Å²) in [5.74, 6) is 0. The molecule has 0 atom stereocenters. The van der Waals surface area contributed by atoms with Crippen molar-refractivity contribution in [2.45, 2.75) is 30.3 Å². The number of rotatable bonds is 5. The Morgan fingerprint density at radius 2 is 2.30 bits per heavy atom. The Labute approximate surface area is 125 Å². The van der Waals surface area contributed by atoms with Crippen LogP contribution >= 0.6 is 22.9 Å². The van der Waals surface area contributed by atoms with Gasteiger partial charge in [0.25, 0.3) is 10.0 Å². The van der Waals surface area contributed by atoms with E-state index in [1.54, 1.807) is 11.6 Å². The van der Waals surface area contributed by atoms with Crippen molar-refractivity contribution in [3.8, 4) is 0 Å². The predicted molar refractivity (Wildman–Crippen MR) is 76.7 cm³/mol. The molecule has 1 aliphatic carbocycles. The number of imidazole rings is 1. The molecule has 0 saturated heterocycles. The van der Waals surface area contributed by atoms with E-state index in [-0.39, 0.29) is 29.4 Å².